The number of hydrogen-bond donors (Lipinski definition) is 1. The van der Waals surface area contributed by atoms with Crippen LogP contribution in [0.4, 0.5) is 0 Å². The second-order valence-electron chi connectivity index (χ2n) is 4.48. The molecule has 2 aliphatic rings. The van der Waals surface area contributed by atoms with Gasteiger partial charge in [0, 0.05) is 25.2 Å². The van der Waals surface area contributed by atoms with Crippen LogP contribution < -0.4 is 5.32 Å². The molecule has 15 heavy (non-hydrogen) atoms. The SMILES string of the molecule is CCN(C1CC1)S(=O)(=O)CCNC1CC1. The van der Waals surface area contributed by atoms with E-state index in [9.17, 15) is 8.42 Å². The van der Waals surface area contributed by atoms with Crippen LogP contribution in [0, 0.1) is 0 Å². The number of sulfonamides is 1. The molecule has 0 aromatic carbocycles. The summed E-state index contributed by atoms with van der Waals surface area (Å²) in [4.78, 5) is 0. The van der Waals surface area contributed by atoms with Gasteiger partial charge < -0.3 is 5.32 Å². The van der Waals surface area contributed by atoms with E-state index in [1.165, 1.54) is 12.8 Å². The fourth-order valence-corrected chi connectivity index (χ4v) is 3.51. The molecule has 0 aromatic heterocycles. The van der Waals surface area contributed by atoms with Crippen LogP contribution >= 0.6 is 0 Å². The highest BCUT2D eigenvalue weighted by Crippen LogP contribution is 2.29. The van der Waals surface area contributed by atoms with E-state index < -0.39 is 10.0 Å². The van der Waals surface area contributed by atoms with Crippen LogP contribution in [0.1, 0.15) is 32.6 Å². The van der Waals surface area contributed by atoms with E-state index in [1.54, 1.807) is 4.31 Å². The number of hydrogen-bond acceptors (Lipinski definition) is 3. The van der Waals surface area contributed by atoms with Gasteiger partial charge in [-0.25, -0.2) is 8.42 Å². The maximum absolute atomic E-state index is 11.9. The molecule has 1 N–H and O–H groups in total. The molecule has 0 unspecified atom stereocenters. The largest absolute Gasteiger partial charge is 0.313 e. The lowest BCUT2D eigenvalue weighted by Gasteiger charge is -2.19. The van der Waals surface area contributed by atoms with Crippen LogP contribution in [0.15, 0.2) is 0 Å². The summed E-state index contributed by atoms with van der Waals surface area (Å²) in [5.74, 6) is 0.258. The summed E-state index contributed by atoms with van der Waals surface area (Å²) in [5.41, 5.74) is 0. The van der Waals surface area contributed by atoms with Crippen molar-refractivity contribution in [2.24, 2.45) is 0 Å². The minimum atomic E-state index is -3.01. The molecule has 2 fully saturated rings. The summed E-state index contributed by atoms with van der Waals surface area (Å²) in [6.07, 6.45) is 4.51. The first kappa shape index (κ1) is 11.4. The minimum absolute atomic E-state index is 0.258. The first-order valence-corrected chi connectivity index (χ1v) is 7.47. The van der Waals surface area contributed by atoms with Crippen molar-refractivity contribution in [2.45, 2.75) is 44.7 Å². The van der Waals surface area contributed by atoms with E-state index in [1.807, 2.05) is 6.92 Å². The molecule has 2 saturated carbocycles. The third-order valence-corrected chi connectivity index (χ3v) is 4.98. The normalized spacial score (nSPS) is 22.3. The van der Waals surface area contributed by atoms with Crippen molar-refractivity contribution in [3.63, 3.8) is 0 Å². The third kappa shape index (κ3) is 3.16. The van der Waals surface area contributed by atoms with Gasteiger partial charge >= 0.3 is 0 Å². The highest BCUT2D eigenvalue weighted by molar-refractivity contribution is 7.89. The Bertz CT molecular complexity index is 307. The molecule has 2 rings (SSSR count). The second-order valence-corrected chi connectivity index (χ2v) is 6.52. The Balaban J connectivity index is 1.80. The monoisotopic (exact) mass is 232 g/mol. The molecule has 0 amide bonds. The van der Waals surface area contributed by atoms with Gasteiger partial charge in [-0.2, -0.15) is 4.31 Å². The van der Waals surface area contributed by atoms with E-state index in [0.29, 0.717) is 25.2 Å². The summed E-state index contributed by atoms with van der Waals surface area (Å²) in [6, 6.07) is 0.900. The molecule has 2 aliphatic carbocycles. The summed E-state index contributed by atoms with van der Waals surface area (Å²) in [5, 5.41) is 3.25. The molecule has 0 radical (unpaired) electrons. The number of nitrogens with zero attached hydrogens (tertiary/aromatic N) is 1. The van der Waals surface area contributed by atoms with Crippen LogP contribution in [0.5, 0.6) is 0 Å². The van der Waals surface area contributed by atoms with Crippen LogP contribution in [-0.2, 0) is 10.0 Å². The van der Waals surface area contributed by atoms with Crippen molar-refractivity contribution in [1.82, 2.24) is 9.62 Å². The predicted octanol–water partition coefficient (Wildman–Crippen LogP) is 0.552. The predicted molar refractivity (Wildman–Crippen MR) is 60.2 cm³/mol. The molecule has 0 bridgehead atoms. The molecule has 0 heterocycles. The maximum atomic E-state index is 11.9. The van der Waals surface area contributed by atoms with E-state index in [4.69, 9.17) is 0 Å². The number of nitrogens with one attached hydrogen (secondary N) is 1. The van der Waals surface area contributed by atoms with Crippen LogP contribution in [-0.4, -0.2) is 43.6 Å². The molecule has 0 aromatic rings. The Morgan fingerprint density at radius 3 is 2.40 bits per heavy atom. The molecular formula is C10H20N2O2S. The van der Waals surface area contributed by atoms with Crippen molar-refractivity contribution in [2.75, 3.05) is 18.8 Å². The molecule has 88 valence electrons. The smallest absolute Gasteiger partial charge is 0.215 e. The van der Waals surface area contributed by atoms with E-state index in [0.717, 1.165) is 12.8 Å². The van der Waals surface area contributed by atoms with Gasteiger partial charge in [0.2, 0.25) is 10.0 Å². The Morgan fingerprint density at radius 2 is 1.93 bits per heavy atom. The Labute approximate surface area is 92.1 Å². The maximum Gasteiger partial charge on any atom is 0.215 e. The lowest BCUT2D eigenvalue weighted by Crippen LogP contribution is -2.38. The molecular weight excluding hydrogens is 212 g/mol. The van der Waals surface area contributed by atoms with Gasteiger partial charge in [0.15, 0.2) is 0 Å². The molecule has 0 spiro atoms. The van der Waals surface area contributed by atoms with Crippen molar-refractivity contribution < 1.29 is 8.42 Å². The topological polar surface area (TPSA) is 49.4 Å². The van der Waals surface area contributed by atoms with Gasteiger partial charge in [-0.05, 0) is 25.7 Å². The fourth-order valence-electron chi connectivity index (χ4n) is 1.84. The Kier molecular flexibility index (Phi) is 3.33. The molecule has 5 heteroatoms. The fraction of sp³-hybridized carbons (Fsp3) is 1.00. The van der Waals surface area contributed by atoms with Gasteiger partial charge in [0.25, 0.3) is 0 Å². The average Bonchev–Trinajstić information content (AvgIpc) is 2.98. The average molecular weight is 232 g/mol. The first-order valence-electron chi connectivity index (χ1n) is 5.86. The van der Waals surface area contributed by atoms with Crippen LogP contribution in [0.3, 0.4) is 0 Å². The van der Waals surface area contributed by atoms with Gasteiger partial charge in [-0.3, -0.25) is 0 Å². The zero-order valence-electron chi connectivity index (χ0n) is 9.28. The lowest BCUT2D eigenvalue weighted by atomic mass is 10.6. The highest BCUT2D eigenvalue weighted by atomic mass is 32.2. The quantitative estimate of drug-likeness (QED) is 0.697. The van der Waals surface area contributed by atoms with Crippen molar-refractivity contribution in [1.29, 1.82) is 0 Å². The molecule has 0 atom stereocenters. The van der Waals surface area contributed by atoms with E-state index in [2.05, 4.69) is 5.32 Å². The van der Waals surface area contributed by atoms with Crippen LogP contribution in [0.25, 0.3) is 0 Å². The summed E-state index contributed by atoms with van der Waals surface area (Å²) in [7, 11) is -3.01. The summed E-state index contributed by atoms with van der Waals surface area (Å²) < 4.78 is 25.5. The summed E-state index contributed by atoms with van der Waals surface area (Å²) in [6.45, 7) is 3.15. The van der Waals surface area contributed by atoms with Crippen molar-refractivity contribution in [3.8, 4) is 0 Å². The van der Waals surface area contributed by atoms with Crippen LogP contribution in [0.2, 0.25) is 0 Å². The molecule has 0 aliphatic heterocycles. The van der Waals surface area contributed by atoms with Gasteiger partial charge in [0.1, 0.15) is 0 Å². The minimum Gasteiger partial charge on any atom is -0.313 e. The van der Waals surface area contributed by atoms with Gasteiger partial charge in [0.05, 0.1) is 5.75 Å². The molecule has 0 saturated heterocycles. The van der Waals surface area contributed by atoms with Crippen molar-refractivity contribution >= 4 is 10.0 Å². The van der Waals surface area contributed by atoms with Gasteiger partial charge in [-0.1, -0.05) is 6.92 Å². The summed E-state index contributed by atoms with van der Waals surface area (Å²) >= 11 is 0. The Morgan fingerprint density at radius 1 is 1.27 bits per heavy atom. The standard InChI is InChI=1S/C10H20N2O2S/c1-2-12(10-5-6-10)15(13,14)8-7-11-9-3-4-9/h9-11H,2-8H2,1H3. The second kappa shape index (κ2) is 4.39. The molecule has 4 nitrogen and oxygen atoms in total. The number of rotatable bonds is 7. The zero-order chi connectivity index (χ0) is 10.9. The van der Waals surface area contributed by atoms with E-state index in [-0.39, 0.29) is 5.75 Å². The zero-order valence-corrected chi connectivity index (χ0v) is 10.1. The first-order chi connectivity index (χ1) is 7.13. The lowest BCUT2D eigenvalue weighted by molar-refractivity contribution is 0.420. The van der Waals surface area contributed by atoms with E-state index >= 15 is 0 Å². The highest BCUT2D eigenvalue weighted by Gasteiger charge is 2.35. The van der Waals surface area contributed by atoms with Gasteiger partial charge in [-0.15, -0.1) is 0 Å². The Hall–Kier alpha value is -0.130. The van der Waals surface area contributed by atoms with Crippen molar-refractivity contribution in [3.05, 3.63) is 0 Å². The third-order valence-electron chi connectivity index (χ3n) is 2.99.